The summed E-state index contributed by atoms with van der Waals surface area (Å²) in [5.74, 6) is 0.798. The Labute approximate surface area is 188 Å². The lowest BCUT2D eigenvalue weighted by Gasteiger charge is -2.31. The molecule has 33 heavy (non-hydrogen) atoms. The fraction of sp³-hybridized carbons (Fsp3) is 0.333. The number of halogens is 3. The van der Waals surface area contributed by atoms with Crippen molar-refractivity contribution in [2.24, 2.45) is 0 Å². The Morgan fingerprint density at radius 2 is 2.03 bits per heavy atom. The third kappa shape index (κ3) is 4.08. The molecular weight excluding hydrogens is 433 g/mol. The summed E-state index contributed by atoms with van der Waals surface area (Å²) >= 11 is 0. The van der Waals surface area contributed by atoms with Gasteiger partial charge in [-0.15, -0.1) is 0 Å². The third-order valence-electron chi connectivity index (χ3n) is 6.43. The number of ether oxygens (including phenoxy) is 1. The van der Waals surface area contributed by atoms with Gasteiger partial charge < -0.3 is 15.0 Å². The van der Waals surface area contributed by atoms with Crippen molar-refractivity contribution in [3.8, 4) is 11.4 Å². The Balaban J connectivity index is 1.32. The van der Waals surface area contributed by atoms with Crippen LogP contribution in [0.5, 0.6) is 5.75 Å². The van der Waals surface area contributed by atoms with Crippen molar-refractivity contribution in [3.05, 3.63) is 82.0 Å². The topological polar surface area (TPSA) is 59.4 Å². The highest BCUT2D eigenvalue weighted by Gasteiger charge is 2.38. The van der Waals surface area contributed by atoms with Crippen LogP contribution in [0, 0.1) is 0 Å². The molecule has 1 saturated heterocycles. The molecule has 2 atom stereocenters. The van der Waals surface area contributed by atoms with E-state index in [0.717, 1.165) is 43.1 Å². The molecule has 3 aromatic rings. The summed E-state index contributed by atoms with van der Waals surface area (Å²) in [6.07, 6.45) is -0.622. The van der Waals surface area contributed by atoms with Crippen LogP contribution in [-0.4, -0.2) is 35.7 Å². The van der Waals surface area contributed by atoms with Crippen molar-refractivity contribution in [3.63, 3.8) is 0 Å². The van der Waals surface area contributed by atoms with E-state index < -0.39 is 11.9 Å². The van der Waals surface area contributed by atoms with Crippen molar-refractivity contribution >= 4 is 5.69 Å². The Kier molecular flexibility index (Phi) is 5.36. The lowest BCUT2D eigenvalue weighted by molar-refractivity contribution is -0.141. The van der Waals surface area contributed by atoms with Crippen molar-refractivity contribution in [2.75, 3.05) is 25.0 Å². The number of benzene rings is 1. The zero-order valence-corrected chi connectivity index (χ0v) is 18.0. The zero-order valence-electron chi connectivity index (χ0n) is 18.0. The summed E-state index contributed by atoms with van der Waals surface area (Å²) < 4.78 is 45.0. The Morgan fingerprint density at radius 3 is 2.76 bits per heavy atom. The van der Waals surface area contributed by atoms with Gasteiger partial charge in [0.15, 0.2) is 0 Å². The number of pyridine rings is 2. The molecule has 9 heteroatoms. The molecule has 0 radical (unpaired) electrons. The van der Waals surface area contributed by atoms with Crippen molar-refractivity contribution in [1.29, 1.82) is 0 Å². The van der Waals surface area contributed by atoms with E-state index in [-0.39, 0.29) is 12.2 Å². The summed E-state index contributed by atoms with van der Waals surface area (Å²) in [7, 11) is 2.11. The SMILES string of the molecule is CN1c2cc(-n3ccc(OCc4ccc(C(F)(F)F)nc4)cc3=O)ccc2C2CNCCC21. The number of hydrogen-bond acceptors (Lipinski definition) is 5. The second kappa shape index (κ2) is 8.22. The van der Waals surface area contributed by atoms with Gasteiger partial charge in [-0.05, 0) is 42.8 Å². The van der Waals surface area contributed by atoms with Gasteiger partial charge in [-0.1, -0.05) is 12.1 Å². The molecule has 2 aliphatic heterocycles. The maximum absolute atomic E-state index is 12.8. The molecule has 6 nitrogen and oxygen atoms in total. The number of aromatic nitrogens is 2. The highest BCUT2D eigenvalue weighted by Crippen LogP contribution is 2.43. The second-order valence-corrected chi connectivity index (χ2v) is 8.43. The molecule has 1 fully saturated rings. The monoisotopic (exact) mass is 456 g/mol. The minimum Gasteiger partial charge on any atom is -0.489 e. The van der Waals surface area contributed by atoms with Gasteiger partial charge in [-0.25, -0.2) is 0 Å². The first-order chi connectivity index (χ1) is 15.8. The fourth-order valence-corrected chi connectivity index (χ4v) is 4.71. The van der Waals surface area contributed by atoms with E-state index in [1.54, 1.807) is 16.8 Å². The molecule has 0 saturated carbocycles. The Morgan fingerprint density at radius 1 is 1.18 bits per heavy atom. The van der Waals surface area contributed by atoms with Crippen molar-refractivity contribution in [2.45, 2.75) is 31.2 Å². The van der Waals surface area contributed by atoms with E-state index >= 15 is 0 Å². The number of alkyl halides is 3. The number of piperidine rings is 1. The average Bonchev–Trinajstić information content (AvgIpc) is 3.09. The number of nitrogens with one attached hydrogen (secondary N) is 1. The van der Waals surface area contributed by atoms with Crippen LogP contribution >= 0.6 is 0 Å². The molecule has 0 aliphatic carbocycles. The normalized spacial score (nSPS) is 19.8. The van der Waals surface area contributed by atoms with Crippen LogP contribution in [0.3, 0.4) is 0 Å². The predicted octanol–water partition coefficient (Wildman–Crippen LogP) is 3.73. The summed E-state index contributed by atoms with van der Waals surface area (Å²) in [5.41, 5.74) is 2.49. The number of hydrogen-bond donors (Lipinski definition) is 1. The maximum atomic E-state index is 12.8. The molecule has 4 heterocycles. The molecule has 2 aliphatic rings. The van der Waals surface area contributed by atoms with E-state index in [1.807, 2.05) is 12.1 Å². The zero-order chi connectivity index (χ0) is 23.2. The largest absolute Gasteiger partial charge is 0.489 e. The first-order valence-electron chi connectivity index (χ1n) is 10.8. The molecule has 172 valence electrons. The van der Waals surface area contributed by atoms with Gasteiger partial charge in [0.05, 0.1) is 5.69 Å². The van der Waals surface area contributed by atoms with Crippen LogP contribution in [0.4, 0.5) is 18.9 Å². The van der Waals surface area contributed by atoms with Crippen LogP contribution in [-0.2, 0) is 12.8 Å². The minimum absolute atomic E-state index is 0.00897. The van der Waals surface area contributed by atoms with E-state index in [4.69, 9.17) is 4.74 Å². The summed E-state index contributed by atoms with van der Waals surface area (Å²) in [5, 5.41) is 3.46. The molecule has 1 aromatic carbocycles. The first-order valence-corrected chi connectivity index (χ1v) is 10.8. The predicted molar refractivity (Wildman–Crippen MR) is 118 cm³/mol. The quantitative estimate of drug-likeness (QED) is 0.649. The van der Waals surface area contributed by atoms with E-state index in [9.17, 15) is 18.0 Å². The van der Waals surface area contributed by atoms with Crippen LogP contribution in [0.25, 0.3) is 5.69 Å². The number of nitrogens with zero attached hydrogens (tertiary/aromatic N) is 3. The van der Waals surface area contributed by atoms with Crippen LogP contribution in [0.2, 0.25) is 0 Å². The lowest BCUT2D eigenvalue weighted by atomic mass is 9.90. The minimum atomic E-state index is -4.48. The highest BCUT2D eigenvalue weighted by atomic mass is 19.4. The Bertz CT molecular complexity index is 1220. The van der Waals surface area contributed by atoms with Crippen molar-refractivity contribution in [1.82, 2.24) is 14.9 Å². The standard InChI is InChI=1S/C24H23F3N4O2/c1-30-20-6-8-28-13-19(20)18-4-3-16(10-21(18)30)31-9-7-17(11-23(31)32)33-14-15-2-5-22(29-12-15)24(25,26)27/h2-5,7,9-12,19-20,28H,6,8,13-14H2,1H3. The smallest absolute Gasteiger partial charge is 0.433 e. The molecular formula is C24H23F3N4O2. The van der Waals surface area contributed by atoms with Crippen LogP contribution in [0.1, 0.15) is 29.2 Å². The molecule has 5 rings (SSSR count). The summed E-state index contributed by atoms with van der Waals surface area (Å²) in [4.78, 5) is 18.5. The average molecular weight is 456 g/mol. The molecule has 2 aromatic heterocycles. The third-order valence-corrected chi connectivity index (χ3v) is 6.43. The molecule has 0 spiro atoms. The molecule has 0 bridgehead atoms. The van der Waals surface area contributed by atoms with Gasteiger partial charge >= 0.3 is 6.18 Å². The number of likely N-dealkylation sites (N-methyl/N-ethyl adjacent to an activating group) is 1. The van der Waals surface area contributed by atoms with Crippen molar-refractivity contribution < 1.29 is 17.9 Å². The summed E-state index contributed by atoms with van der Waals surface area (Å²) in [6.45, 7) is 1.98. The van der Waals surface area contributed by atoms with Crippen LogP contribution in [0.15, 0.2) is 59.7 Å². The van der Waals surface area contributed by atoms with E-state index in [2.05, 4.69) is 28.3 Å². The van der Waals surface area contributed by atoms with Gasteiger partial charge in [-0.2, -0.15) is 13.2 Å². The van der Waals surface area contributed by atoms with Gasteiger partial charge in [0.25, 0.3) is 5.56 Å². The molecule has 1 N–H and O–H groups in total. The molecule has 2 unspecified atom stereocenters. The van der Waals surface area contributed by atoms with Gasteiger partial charge in [0, 0.05) is 55.3 Å². The summed E-state index contributed by atoms with van der Waals surface area (Å²) in [6, 6.07) is 11.8. The van der Waals surface area contributed by atoms with Gasteiger partial charge in [-0.3, -0.25) is 14.3 Å². The maximum Gasteiger partial charge on any atom is 0.433 e. The number of anilines is 1. The van der Waals surface area contributed by atoms with Gasteiger partial charge in [0.2, 0.25) is 0 Å². The van der Waals surface area contributed by atoms with E-state index in [1.165, 1.54) is 17.7 Å². The van der Waals surface area contributed by atoms with E-state index in [0.29, 0.717) is 23.3 Å². The number of fused-ring (bicyclic) bond motifs is 3. The second-order valence-electron chi connectivity index (χ2n) is 8.43. The van der Waals surface area contributed by atoms with Gasteiger partial charge in [0.1, 0.15) is 18.1 Å². The first kappa shape index (κ1) is 21.5. The fourth-order valence-electron chi connectivity index (χ4n) is 4.71. The number of rotatable bonds is 4. The Hall–Kier alpha value is -3.33. The highest BCUT2D eigenvalue weighted by molar-refractivity contribution is 5.65. The van der Waals surface area contributed by atoms with Crippen LogP contribution < -0.4 is 20.5 Å². The molecule has 0 amide bonds. The lowest BCUT2D eigenvalue weighted by Crippen LogP contribution is -2.42.